The predicted octanol–water partition coefficient (Wildman–Crippen LogP) is 5.62. The minimum absolute atomic E-state index is 0.257. The Morgan fingerprint density at radius 1 is 1.10 bits per heavy atom. The maximum absolute atomic E-state index is 6.40. The van der Waals surface area contributed by atoms with Gasteiger partial charge < -0.3 is 10.1 Å². The first-order valence-electron chi connectivity index (χ1n) is 7.49. The van der Waals surface area contributed by atoms with E-state index < -0.39 is 0 Å². The number of hydrogen-bond donors (Lipinski definition) is 1. The molecule has 1 aromatic rings. The average Bonchev–Trinajstić information content (AvgIpc) is 2.42. The van der Waals surface area contributed by atoms with E-state index in [1.807, 2.05) is 19.1 Å². The molecule has 0 amide bonds. The Hall–Kier alpha value is -0.440. The molecule has 1 atom stereocenters. The summed E-state index contributed by atoms with van der Waals surface area (Å²) in [5.74, 6) is 0.659. The lowest BCUT2D eigenvalue weighted by Crippen LogP contribution is -2.21. The van der Waals surface area contributed by atoms with Crippen molar-refractivity contribution in [2.75, 3.05) is 13.2 Å². The summed E-state index contributed by atoms with van der Waals surface area (Å²) < 4.78 is 5.47. The molecule has 0 aliphatic carbocycles. The van der Waals surface area contributed by atoms with Crippen molar-refractivity contribution in [3.05, 3.63) is 27.7 Å². The number of ether oxygens (including phenoxy) is 1. The first kappa shape index (κ1) is 17.6. The predicted molar refractivity (Wildman–Crippen MR) is 88.2 cm³/mol. The van der Waals surface area contributed by atoms with Crippen LogP contribution < -0.4 is 10.1 Å². The standard InChI is InChI=1S/C16H25Cl2NO/c1-4-7-8-9-15(19-5-2)12-10-14(18)16(20-6-3)11-13(12)17/h10-11,15,19H,4-9H2,1-3H3. The lowest BCUT2D eigenvalue weighted by atomic mass is 10.00. The molecule has 0 fully saturated rings. The monoisotopic (exact) mass is 317 g/mol. The van der Waals surface area contributed by atoms with Gasteiger partial charge in [-0.05, 0) is 31.5 Å². The van der Waals surface area contributed by atoms with Crippen molar-refractivity contribution in [3.63, 3.8) is 0 Å². The molecule has 0 radical (unpaired) electrons. The molecule has 1 N–H and O–H groups in total. The second-order valence-electron chi connectivity index (χ2n) is 4.84. The van der Waals surface area contributed by atoms with Gasteiger partial charge in [0.15, 0.2) is 0 Å². The molecule has 0 saturated heterocycles. The van der Waals surface area contributed by atoms with Gasteiger partial charge in [0.1, 0.15) is 5.75 Å². The van der Waals surface area contributed by atoms with Crippen LogP contribution in [0.25, 0.3) is 0 Å². The van der Waals surface area contributed by atoms with Crippen LogP contribution in [0.1, 0.15) is 58.1 Å². The number of rotatable bonds is 9. The van der Waals surface area contributed by atoms with Crippen LogP contribution in [0.4, 0.5) is 0 Å². The molecular formula is C16H25Cl2NO. The van der Waals surface area contributed by atoms with Crippen LogP contribution in [-0.2, 0) is 0 Å². The van der Waals surface area contributed by atoms with Crippen LogP contribution in [0.15, 0.2) is 12.1 Å². The summed E-state index contributed by atoms with van der Waals surface area (Å²) in [5.41, 5.74) is 1.07. The van der Waals surface area contributed by atoms with Crippen molar-refractivity contribution in [3.8, 4) is 5.75 Å². The first-order valence-corrected chi connectivity index (χ1v) is 8.24. The molecule has 0 aliphatic rings. The summed E-state index contributed by atoms with van der Waals surface area (Å²) in [5, 5.41) is 4.85. The Morgan fingerprint density at radius 2 is 1.85 bits per heavy atom. The van der Waals surface area contributed by atoms with Gasteiger partial charge in [-0.25, -0.2) is 0 Å². The lowest BCUT2D eigenvalue weighted by molar-refractivity contribution is 0.340. The van der Waals surface area contributed by atoms with Gasteiger partial charge in [0.2, 0.25) is 0 Å². The molecule has 20 heavy (non-hydrogen) atoms. The first-order chi connectivity index (χ1) is 9.63. The molecule has 1 aromatic carbocycles. The van der Waals surface area contributed by atoms with Crippen LogP contribution in [0, 0.1) is 0 Å². The van der Waals surface area contributed by atoms with Crippen LogP contribution in [0.2, 0.25) is 10.0 Å². The van der Waals surface area contributed by atoms with Crippen molar-refractivity contribution in [1.82, 2.24) is 5.32 Å². The van der Waals surface area contributed by atoms with Crippen LogP contribution in [0.3, 0.4) is 0 Å². The highest BCUT2D eigenvalue weighted by molar-refractivity contribution is 6.34. The minimum Gasteiger partial charge on any atom is -0.492 e. The van der Waals surface area contributed by atoms with E-state index in [0.717, 1.165) is 23.6 Å². The Morgan fingerprint density at radius 3 is 2.45 bits per heavy atom. The van der Waals surface area contributed by atoms with Crippen LogP contribution in [-0.4, -0.2) is 13.2 Å². The molecule has 0 aromatic heterocycles. The largest absolute Gasteiger partial charge is 0.492 e. The fourth-order valence-corrected chi connectivity index (χ4v) is 2.80. The molecule has 0 saturated carbocycles. The fraction of sp³-hybridized carbons (Fsp3) is 0.625. The van der Waals surface area contributed by atoms with Gasteiger partial charge in [-0.3, -0.25) is 0 Å². The molecular weight excluding hydrogens is 293 g/mol. The third kappa shape index (κ3) is 5.16. The summed E-state index contributed by atoms with van der Waals surface area (Å²) in [7, 11) is 0. The third-order valence-corrected chi connectivity index (χ3v) is 3.90. The van der Waals surface area contributed by atoms with Gasteiger partial charge in [0.25, 0.3) is 0 Å². The van der Waals surface area contributed by atoms with E-state index in [1.165, 1.54) is 19.3 Å². The Bertz CT molecular complexity index is 410. The Labute approximate surface area is 132 Å². The van der Waals surface area contributed by atoms with Crippen molar-refractivity contribution in [2.24, 2.45) is 0 Å². The van der Waals surface area contributed by atoms with E-state index in [1.54, 1.807) is 0 Å². The summed E-state index contributed by atoms with van der Waals surface area (Å²) >= 11 is 12.7. The number of hydrogen-bond acceptors (Lipinski definition) is 2. The summed E-state index contributed by atoms with van der Waals surface area (Å²) in [4.78, 5) is 0. The van der Waals surface area contributed by atoms with E-state index >= 15 is 0 Å². The second kappa shape index (κ2) is 9.49. The summed E-state index contributed by atoms with van der Waals surface area (Å²) in [6.45, 7) is 7.75. The number of halogens is 2. The van der Waals surface area contributed by atoms with Crippen molar-refractivity contribution in [1.29, 1.82) is 0 Å². The van der Waals surface area contributed by atoms with E-state index in [-0.39, 0.29) is 6.04 Å². The van der Waals surface area contributed by atoms with E-state index in [0.29, 0.717) is 17.4 Å². The fourth-order valence-electron chi connectivity index (χ4n) is 2.29. The van der Waals surface area contributed by atoms with Crippen LogP contribution >= 0.6 is 23.2 Å². The molecule has 1 unspecified atom stereocenters. The Balaban J connectivity index is 2.91. The second-order valence-corrected chi connectivity index (χ2v) is 5.66. The molecule has 4 heteroatoms. The summed E-state index contributed by atoms with van der Waals surface area (Å²) in [6, 6.07) is 4.02. The van der Waals surface area contributed by atoms with Gasteiger partial charge in [-0.15, -0.1) is 0 Å². The van der Waals surface area contributed by atoms with Gasteiger partial charge in [0, 0.05) is 17.1 Å². The minimum atomic E-state index is 0.257. The topological polar surface area (TPSA) is 21.3 Å². The normalized spacial score (nSPS) is 12.4. The van der Waals surface area contributed by atoms with E-state index in [2.05, 4.69) is 19.2 Å². The number of nitrogens with one attached hydrogen (secondary N) is 1. The van der Waals surface area contributed by atoms with Crippen molar-refractivity contribution < 1.29 is 4.74 Å². The molecule has 0 spiro atoms. The molecule has 0 bridgehead atoms. The Kier molecular flexibility index (Phi) is 8.35. The van der Waals surface area contributed by atoms with Crippen LogP contribution in [0.5, 0.6) is 5.75 Å². The molecule has 0 heterocycles. The highest BCUT2D eigenvalue weighted by Crippen LogP contribution is 2.35. The zero-order chi connectivity index (χ0) is 15.0. The van der Waals surface area contributed by atoms with E-state index in [4.69, 9.17) is 27.9 Å². The maximum atomic E-state index is 6.40. The average molecular weight is 318 g/mol. The van der Waals surface area contributed by atoms with Gasteiger partial charge in [-0.1, -0.05) is 56.3 Å². The highest BCUT2D eigenvalue weighted by Gasteiger charge is 2.16. The maximum Gasteiger partial charge on any atom is 0.139 e. The lowest BCUT2D eigenvalue weighted by Gasteiger charge is -2.21. The highest BCUT2D eigenvalue weighted by atomic mass is 35.5. The molecule has 2 nitrogen and oxygen atoms in total. The molecule has 114 valence electrons. The van der Waals surface area contributed by atoms with Crippen molar-refractivity contribution in [2.45, 2.75) is 52.5 Å². The number of unbranched alkanes of at least 4 members (excludes halogenated alkanes) is 2. The SMILES string of the molecule is CCCCCC(NCC)c1cc(Cl)c(OCC)cc1Cl. The van der Waals surface area contributed by atoms with Gasteiger partial charge in [-0.2, -0.15) is 0 Å². The van der Waals surface area contributed by atoms with E-state index in [9.17, 15) is 0 Å². The molecule has 1 rings (SSSR count). The zero-order valence-corrected chi connectivity index (χ0v) is 14.2. The third-order valence-electron chi connectivity index (χ3n) is 3.27. The number of benzene rings is 1. The summed E-state index contributed by atoms with van der Waals surface area (Å²) in [6.07, 6.45) is 4.72. The van der Waals surface area contributed by atoms with Gasteiger partial charge in [0.05, 0.1) is 11.6 Å². The quantitative estimate of drug-likeness (QED) is 0.596. The van der Waals surface area contributed by atoms with Crippen molar-refractivity contribution >= 4 is 23.2 Å². The smallest absolute Gasteiger partial charge is 0.139 e. The van der Waals surface area contributed by atoms with Gasteiger partial charge >= 0.3 is 0 Å². The molecule has 0 aliphatic heterocycles. The zero-order valence-electron chi connectivity index (χ0n) is 12.6.